The summed E-state index contributed by atoms with van der Waals surface area (Å²) in [5.41, 5.74) is 1.29. The first-order chi connectivity index (χ1) is 9.13. The molecule has 0 saturated carbocycles. The molecule has 0 N–H and O–H groups in total. The van der Waals surface area contributed by atoms with E-state index >= 15 is 0 Å². The topological polar surface area (TPSA) is 18.5 Å². The Morgan fingerprint density at radius 1 is 0.789 bits per heavy atom. The standard InChI is InChI=1S/C15H14F2O2/c1-18-14-5-3-12(16)8-10(14)7-11-9-13(17)4-6-15(11)19-2/h3-6,8-9H,7H2,1-2H3. The monoisotopic (exact) mass is 264 g/mol. The third-order valence-corrected chi connectivity index (χ3v) is 2.87. The van der Waals surface area contributed by atoms with Gasteiger partial charge < -0.3 is 9.47 Å². The molecule has 2 rings (SSSR count). The largest absolute Gasteiger partial charge is 0.496 e. The van der Waals surface area contributed by atoms with Crippen molar-refractivity contribution in [2.45, 2.75) is 6.42 Å². The molecule has 100 valence electrons. The van der Waals surface area contributed by atoms with Gasteiger partial charge in [0.1, 0.15) is 23.1 Å². The Balaban J connectivity index is 2.40. The molecule has 0 aliphatic rings. The van der Waals surface area contributed by atoms with Crippen LogP contribution in [0.1, 0.15) is 11.1 Å². The molecule has 0 unspecified atom stereocenters. The number of ether oxygens (including phenoxy) is 2. The van der Waals surface area contributed by atoms with Crippen molar-refractivity contribution in [2.75, 3.05) is 14.2 Å². The van der Waals surface area contributed by atoms with Gasteiger partial charge in [0.25, 0.3) is 0 Å². The Morgan fingerprint density at radius 2 is 1.21 bits per heavy atom. The smallest absolute Gasteiger partial charge is 0.123 e. The van der Waals surface area contributed by atoms with E-state index in [0.29, 0.717) is 29.0 Å². The predicted octanol–water partition coefficient (Wildman–Crippen LogP) is 3.57. The van der Waals surface area contributed by atoms with Gasteiger partial charge in [-0.25, -0.2) is 8.78 Å². The quantitative estimate of drug-likeness (QED) is 0.840. The van der Waals surface area contributed by atoms with Gasteiger partial charge in [-0.3, -0.25) is 0 Å². The van der Waals surface area contributed by atoms with Crippen molar-refractivity contribution in [1.29, 1.82) is 0 Å². The molecule has 0 aliphatic heterocycles. The molecular formula is C15H14F2O2. The summed E-state index contributed by atoms with van der Waals surface area (Å²) < 4.78 is 36.9. The van der Waals surface area contributed by atoms with Crippen molar-refractivity contribution in [3.05, 3.63) is 59.2 Å². The van der Waals surface area contributed by atoms with Crippen LogP contribution in [0.15, 0.2) is 36.4 Å². The van der Waals surface area contributed by atoms with Crippen LogP contribution in [0.25, 0.3) is 0 Å². The molecule has 2 aromatic rings. The van der Waals surface area contributed by atoms with Gasteiger partial charge in [0, 0.05) is 17.5 Å². The lowest BCUT2D eigenvalue weighted by Gasteiger charge is -2.11. The fourth-order valence-electron chi connectivity index (χ4n) is 1.98. The Kier molecular flexibility index (Phi) is 4.00. The molecule has 0 bridgehead atoms. The number of hydrogen-bond acceptors (Lipinski definition) is 2. The summed E-state index contributed by atoms with van der Waals surface area (Å²) in [6, 6.07) is 8.51. The summed E-state index contributed by atoms with van der Waals surface area (Å²) in [4.78, 5) is 0. The normalized spacial score (nSPS) is 10.3. The second kappa shape index (κ2) is 5.69. The van der Waals surface area contributed by atoms with Crippen LogP contribution in [0, 0.1) is 11.6 Å². The zero-order valence-corrected chi connectivity index (χ0v) is 10.7. The fraction of sp³-hybridized carbons (Fsp3) is 0.200. The Morgan fingerprint density at radius 3 is 1.58 bits per heavy atom. The predicted molar refractivity (Wildman–Crippen MR) is 68.7 cm³/mol. The molecule has 0 amide bonds. The lowest BCUT2D eigenvalue weighted by molar-refractivity contribution is 0.403. The minimum Gasteiger partial charge on any atom is -0.496 e. The molecule has 2 aromatic carbocycles. The number of halogens is 2. The van der Waals surface area contributed by atoms with E-state index in [0.717, 1.165) is 0 Å². The molecule has 0 aromatic heterocycles. The van der Waals surface area contributed by atoms with Crippen molar-refractivity contribution in [3.8, 4) is 11.5 Å². The van der Waals surface area contributed by atoms with Crippen molar-refractivity contribution in [1.82, 2.24) is 0 Å². The van der Waals surface area contributed by atoms with Crippen molar-refractivity contribution < 1.29 is 18.3 Å². The molecule has 0 spiro atoms. The van der Waals surface area contributed by atoms with Gasteiger partial charge in [0.15, 0.2) is 0 Å². The van der Waals surface area contributed by atoms with Crippen LogP contribution in [0.4, 0.5) is 8.78 Å². The number of benzene rings is 2. The summed E-state index contributed by atoms with van der Waals surface area (Å²) in [7, 11) is 3.03. The summed E-state index contributed by atoms with van der Waals surface area (Å²) >= 11 is 0. The molecule has 4 heteroatoms. The molecule has 0 saturated heterocycles. The van der Waals surface area contributed by atoms with E-state index in [4.69, 9.17) is 9.47 Å². The van der Waals surface area contributed by atoms with Gasteiger partial charge in [-0.05, 0) is 36.4 Å². The van der Waals surface area contributed by atoms with Crippen LogP contribution < -0.4 is 9.47 Å². The zero-order chi connectivity index (χ0) is 13.8. The molecule has 0 heterocycles. The lowest BCUT2D eigenvalue weighted by atomic mass is 10.0. The Labute approximate surface area is 110 Å². The van der Waals surface area contributed by atoms with Gasteiger partial charge in [-0.2, -0.15) is 0 Å². The van der Waals surface area contributed by atoms with E-state index in [1.54, 1.807) is 12.1 Å². The third kappa shape index (κ3) is 3.02. The molecule has 0 atom stereocenters. The number of hydrogen-bond donors (Lipinski definition) is 0. The molecule has 0 fully saturated rings. The van der Waals surface area contributed by atoms with Crippen LogP contribution in [0.2, 0.25) is 0 Å². The van der Waals surface area contributed by atoms with Gasteiger partial charge >= 0.3 is 0 Å². The van der Waals surface area contributed by atoms with Crippen molar-refractivity contribution >= 4 is 0 Å². The first kappa shape index (κ1) is 13.3. The number of rotatable bonds is 4. The summed E-state index contributed by atoms with van der Waals surface area (Å²) in [5.74, 6) is 0.415. The minimum atomic E-state index is -0.355. The average Bonchev–Trinajstić information content (AvgIpc) is 2.39. The second-order valence-electron chi connectivity index (χ2n) is 4.09. The average molecular weight is 264 g/mol. The minimum absolute atomic E-state index is 0.335. The number of methoxy groups -OCH3 is 2. The highest BCUT2D eigenvalue weighted by atomic mass is 19.1. The molecule has 0 radical (unpaired) electrons. The first-order valence-electron chi connectivity index (χ1n) is 5.79. The third-order valence-electron chi connectivity index (χ3n) is 2.87. The van der Waals surface area contributed by atoms with Crippen LogP contribution >= 0.6 is 0 Å². The maximum Gasteiger partial charge on any atom is 0.123 e. The van der Waals surface area contributed by atoms with E-state index in [1.165, 1.54) is 38.5 Å². The zero-order valence-electron chi connectivity index (χ0n) is 10.7. The second-order valence-corrected chi connectivity index (χ2v) is 4.09. The molecule has 2 nitrogen and oxygen atoms in total. The van der Waals surface area contributed by atoms with E-state index in [2.05, 4.69) is 0 Å². The first-order valence-corrected chi connectivity index (χ1v) is 5.79. The van der Waals surface area contributed by atoms with Crippen molar-refractivity contribution in [3.63, 3.8) is 0 Å². The van der Waals surface area contributed by atoms with Crippen molar-refractivity contribution in [2.24, 2.45) is 0 Å². The molecule has 19 heavy (non-hydrogen) atoms. The van der Waals surface area contributed by atoms with Gasteiger partial charge in [-0.1, -0.05) is 0 Å². The van der Waals surface area contributed by atoms with E-state index in [9.17, 15) is 8.78 Å². The van der Waals surface area contributed by atoms with E-state index < -0.39 is 0 Å². The molecular weight excluding hydrogens is 250 g/mol. The maximum atomic E-state index is 13.3. The van der Waals surface area contributed by atoms with Crippen LogP contribution in [0.5, 0.6) is 11.5 Å². The highest BCUT2D eigenvalue weighted by molar-refractivity contribution is 5.42. The van der Waals surface area contributed by atoms with Crippen LogP contribution in [0.3, 0.4) is 0 Å². The lowest BCUT2D eigenvalue weighted by Crippen LogP contribution is -1.98. The van der Waals surface area contributed by atoms with Crippen LogP contribution in [-0.2, 0) is 6.42 Å². The fourth-order valence-corrected chi connectivity index (χ4v) is 1.98. The van der Waals surface area contributed by atoms with E-state index in [-0.39, 0.29) is 11.6 Å². The summed E-state index contributed by atoms with van der Waals surface area (Å²) in [6.07, 6.45) is 0.335. The molecule has 0 aliphatic carbocycles. The Bertz CT molecular complexity index is 531. The van der Waals surface area contributed by atoms with Crippen LogP contribution in [-0.4, -0.2) is 14.2 Å². The maximum absolute atomic E-state index is 13.3. The SMILES string of the molecule is COc1ccc(F)cc1Cc1cc(F)ccc1OC. The summed E-state index contributed by atoms with van der Waals surface area (Å²) in [5, 5.41) is 0. The van der Waals surface area contributed by atoms with Gasteiger partial charge in [-0.15, -0.1) is 0 Å². The highest BCUT2D eigenvalue weighted by Gasteiger charge is 2.10. The van der Waals surface area contributed by atoms with Gasteiger partial charge in [0.2, 0.25) is 0 Å². The van der Waals surface area contributed by atoms with E-state index in [1.807, 2.05) is 0 Å². The highest BCUT2D eigenvalue weighted by Crippen LogP contribution is 2.27. The van der Waals surface area contributed by atoms with Gasteiger partial charge in [0.05, 0.1) is 14.2 Å². The summed E-state index contributed by atoms with van der Waals surface area (Å²) in [6.45, 7) is 0. The Hall–Kier alpha value is -2.10.